The number of nitrogens with zero attached hydrogens (tertiary/aromatic N) is 1. The zero-order chi connectivity index (χ0) is 27.5. The van der Waals surface area contributed by atoms with Gasteiger partial charge < -0.3 is 5.32 Å². The van der Waals surface area contributed by atoms with E-state index in [0.29, 0.717) is 27.6 Å². The zero-order valence-corrected chi connectivity index (χ0v) is 23.8. The van der Waals surface area contributed by atoms with E-state index in [1.165, 1.54) is 79.8 Å². The third-order valence-electron chi connectivity index (χ3n) is 5.48. The summed E-state index contributed by atoms with van der Waals surface area (Å²) in [6, 6.07) is 24.3. The maximum absolute atomic E-state index is 12.9. The molecule has 0 spiro atoms. The van der Waals surface area contributed by atoms with Crippen LogP contribution in [0.25, 0.3) is 0 Å². The number of nitrogens with one attached hydrogen (secondary N) is 2. The molecule has 0 aliphatic carbocycles. The van der Waals surface area contributed by atoms with Crippen molar-refractivity contribution in [3.63, 3.8) is 0 Å². The normalized spacial score (nSPS) is 11.6. The van der Waals surface area contributed by atoms with Crippen molar-refractivity contribution in [1.82, 2.24) is 0 Å². The molecule has 0 atom stereocenters. The molecule has 0 fully saturated rings. The van der Waals surface area contributed by atoms with Gasteiger partial charge >= 0.3 is 0 Å². The van der Waals surface area contributed by atoms with Gasteiger partial charge in [0.25, 0.3) is 26.0 Å². The molecule has 0 unspecified atom stereocenters. The molecule has 8 nitrogen and oxygen atoms in total. The van der Waals surface area contributed by atoms with Crippen LogP contribution in [0, 0.1) is 0 Å². The van der Waals surface area contributed by atoms with Crippen molar-refractivity contribution in [2.24, 2.45) is 0 Å². The molecule has 0 radical (unpaired) electrons. The van der Waals surface area contributed by atoms with Crippen LogP contribution in [-0.4, -0.2) is 29.8 Å². The van der Waals surface area contributed by atoms with E-state index >= 15 is 0 Å². The van der Waals surface area contributed by atoms with E-state index in [-0.39, 0.29) is 9.79 Å². The Labute approximate surface area is 234 Å². The van der Waals surface area contributed by atoms with Crippen LogP contribution in [-0.2, 0) is 20.0 Å². The molecule has 0 heterocycles. The Morgan fingerprint density at radius 2 is 1.26 bits per heavy atom. The largest absolute Gasteiger partial charge is 0.322 e. The quantitative estimate of drug-likeness (QED) is 0.248. The molecule has 0 aliphatic heterocycles. The van der Waals surface area contributed by atoms with Crippen molar-refractivity contribution < 1.29 is 21.6 Å². The van der Waals surface area contributed by atoms with Crippen molar-refractivity contribution in [2.45, 2.75) is 9.79 Å². The lowest BCUT2D eigenvalue weighted by molar-refractivity contribution is 0.102. The fourth-order valence-electron chi connectivity index (χ4n) is 3.38. The molecule has 0 saturated heterocycles. The predicted molar refractivity (Wildman–Crippen MR) is 153 cm³/mol. The topological polar surface area (TPSA) is 113 Å². The first-order valence-electron chi connectivity index (χ1n) is 11.0. The summed E-state index contributed by atoms with van der Waals surface area (Å²) in [5.74, 6) is -0.441. The predicted octanol–water partition coefficient (Wildman–Crippen LogP) is 5.98. The summed E-state index contributed by atoms with van der Waals surface area (Å²) in [5.41, 5.74) is 1.47. The zero-order valence-electron chi connectivity index (χ0n) is 19.8. The van der Waals surface area contributed by atoms with Crippen molar-refractivity contribution >= 4 is 70.5 Å². The maximum Gasteiger partial charge on any atom is 0.264 e. The van der Waals surface area contributed by atoms with Crippen molar-refractivity contribution in [3.05, 3.63) is 112 Å². The highest BCUT2D eigenvalue weighted by Crippen LogP contribution is 2.24. The van der Waals surface area contributed by atoms with Gasteiger partial charge in [-0.1, -0.05) is 27.5 Å². The molecule has 0 saturated carbocycles. The summed E-state index contributed by atoms with van der Waals surface area (Å²) in [6.45, 7) is 0. The number of carbonyl (C=O) groups is 1. The number of carbonyl (C=O) groups excluding carboxylic acids is 1. The molecule has 4 aromatic carbocycles. The van der Waals surface area contributed by atoms with Gasteiger partial charge in [0.2, 0.25) is 0 Å². The van der Waals surface area contributed by atoms with E-state index in [1.807, 2.05) is 0 Å². The van der Waals surface area contributed by atoms with Crippen LogP contribution >= 0.6 is 27.5 Å². The van der Waals surface area contributed by atoms with Gasteiger partial charge in [-0.05, 0) is 97.1 Å². The fraction of sp³-hybridized carbons (Fsp3) is 0.0385. The maximum atomic E-state index is 12.9. The van der Waals surface area contributed by atoms with Crippen LogP contribution in [0.3, 0.4) is 0 Å². The van der Waals surface area contributed by atoms with Crippen molar-refractivity contribution in [1.29, 1.82) is 0 Å². The first-order valence-corrected chi connectivity index (χ1v) is 15.1. The van der Waals surface area contributed by atoms with Gasteiger partial charge in [-0.3, -0.25) is 13.8 Å². The molecular formula is C26H21BrClN3O5S2. The molecule has 0 bridgehead atoms. The van der Waals surface area contributed by atoms with E-state index in [0.717, 1.165) is 8.78 Å². The molecule has 0 aliphatic rings. The highest BCUT2D eigenvalue weighted by Gasteiger charge is 2.21. The molecule has 0 aromatic heterocycles. The number of sulfonamides is 2. The average molecular weight is 635 g/mol. The Morgan fingerprint density at radius 3 is 1.84 bits per heavy atom. The number of amides is 1. The summed E-state index contributed by atoms with van der Waals surface area (Å²) in [4.78, 5) is 12.8. The summed E-state index contributed by atoms with van der Waals surface area (Å²) >= 11 is 9.15. The van der Waals surface area contributed by atoms with Crippen LogP contribution in [0.15, 0.2) is 111 Å². The molecule has 4 rings (SSSR count). The molecule has 196 valence electrons. The van der Waals surface area contributed by atoms with Crippen LogP contribution in [0.5, 0.6) is 0 Å². The Balaban J connectivity index is 1.42. The first kappa shape index (κ1) is 27.6. The van der Waals surface area contributed by atoms with Crippen LogP contribution in [0.1, 0.15) is 10.4 Å². The summed E-state index contributed by atoms with van der Waals surface area (Å²) in [5, 5.41) is 3.13. The second kappa shape index (κ2) is 11.2. The van der Waals surface area contributed by atoms with Gasteiger partial charge in [0.15, 0.2) is 0 Å². The average Bonchev–Trinajstić information content (AvgIpc) is 2.90. The SMILES string of the molecule is CN(c1ccc(C(=O)Nc2ccc(S(=O)(=O)Nc3ccc(Br)cc3)cc2)cc1)S(=O)(=O)c1ccc(Cl)cc1. The second-order valence-corrected chi connectivity index (χ2v) is 13.1. The van der Waals surface area contributed by atoms with E-state index in [4.69, 9.17) is 11.6 Å². The molecule has 1 amide bonds. The smallest absolute Gasteiger partial charge is 0.264 e. The minimum absolute atomic E-state index is 0.0349. The Kier molecular flexibility index (Phi) is 8.12. The standard InChI is InChI=1S/C26H21BrClN3O5S2/c1-31(38(35,36)25-14-6-20(28)7-15-25)23-12-2-18(3-13-23)26(32)29-21-10-16-24(17-11-21)37(33,34)30-22-8-4-19(27)5-9-22/h2-17,30H,1H3,(H,29,32). The van der Waals surface area contributed by atoms with Crippen LogP contribution in [0.4, 0.5) is 17.1 Å². The minimum atomic E-state index is -3.81. The van der Waals surface area contributed by atoms with Crippen molar-refractivity contribution in [3.8, 4) is 0 Å². The van der Waals surface area contributed by atoms with Gasteiger partial charge in [-0.25, -0.2) is 16.8 Å². The number of hydrogen-bond donors (Lipinski definition) is 2. The third-order valence-corrected chi connectivity index (χ3v) is 9.46. The van der Waals surface area contributed by atoms with E-state index < -0.39 is 26.0 Å². The van der Waals surface area contributed by atoms with E-state index in [2.05, 4.69) is 26.0 Å². The fourth-order valence-corrected chi connectivity index (χ4v) is 6.02. The molecule has 4 aromatic rings. The highest BCUT2D eigenvalue weighted by atomic mass is 79.9. The lowest BCUT2D eigenvalue weighted by Crippen LogP contribution is -2.26. The molecular weight excluding hydrogens is 614 g/mol. The number of rotatable bonds is 8. The van der Waals surface area contributed by atoms with Gasteiger partial charge in [0, 0.05) is 33.5 Å². The number of anilines is 3. The first-order chi connectivity index (χ1) is 18.0. The third kappa shape index (κ3) is 6.36. The van der Waals surface area contributed by atoms with Gasteiger partial charge in [0.05, 0.1) is 15.5 Å². The Bertz CT molecular complexity index is 1660. The number of hydrogen-bond acceptors (Lipinski definition) is 5. The van der Waals surface area contributed by atoms with E-state index in [9.17, 15) is 21.6 Å². The van der Waals surface area contributed by atoms with Crippen molar-refractivity contribution in [2.75, 3.05) is 21.4 Å². The number of benzene rings is 4. The molecule has 38 heavy (non-hydrogen) atoms. The lowest BCUT2D eigenvalue weighted by Gasteiger charge is -2.20. The summed E-state index contributed by atoms with van der Waals surface area (Å²) in [6.07, 6.45) is 0. The molecule has 2 N–H and O–H groups in total. The lowest BCUT2D eigenvalue weighted by atomic mass is 10.2. The number of halogens is 2. The van der Waals surface area contributed by atoms with E-state index in [1.54, 1.807) is 24.3 Å². The monoisotopic (exact) mass is 633 g/mol. The second-order valence-electron chi connectivity index (χ2n) is 8.06. The van der Waals surface area contributed by atoms with Gasteiger partial charge in [0.1, 0.15) is 0 Å². The van der Waals surface area contributed by atoms with Gasteiger partial charge in [-0.2, -0.15) is 0 Å². The van der Waals surface area contributed by atoms with Crippen LogP contribution < -0.4 is 14.3 Å². The summed E-state index contributed by atoms with van der Waals surface area (Å²) in [7, 11) is -6.20. The Hall–Kier alpha value is -3.38. The van der Waals surface area contributed by atoms with Crippen LogP contribution in [0.2, 0.25) is 5.02 Å². The highest BCUT2D eigenvalue weighted by molar-refractivity contribution is 9.10. The van der Waals surface area contributed by atoms with Gasteiger partial charge in [-0.15, -0.1) is 0 Å². The summed E-state index contributed by atoms with van der Waals surface area (Å²) < 4.78 is 55.5. The molecule has 12 heteroatoms. The Morgan fingerprint density at radius 1 is 0.737 bits per heavy atom. The minimum Gasteiger partial charge on any atom is -0.322 e.